The standard InChI is InChI=1S/C17H24N4/c1-3-12(2)21-9-8-14(20-21)11-17(19-18)16-10-13-6-4-5-7-15(13)16/h4-9,12,16-17,19H,3,10-11,18H2,1-2H3. The molecule has 0 saturated carbocycles. The van der Waals surface area contributed by atoms with E-state index in [4.69, 9.17) is 5.84 Å². The maximum Gasteiger partial charge on any atom is 0.0641 e. The van der Waals surface area contributed by atoms with E-state index in [2.05, 4.69) is 65.6 Å². The zero-order valence-electron chi connectivity index (χ0n) is 12.8. The smallest absolute Gasteiger partial charge is 0.0641 e. The maximum absolute atomic E-state index is 5.80. The molecule has 112 valence electrons. The Labute approximate surface area is 126 Å². The number of hydrogen-bond donors (Lipinski definition) is 2. The van der Waals surface area contributed by atoms with Gasteiger partial charge in [0.15, 0.2) is 0 Å². The van der Waals surface area contributed by atoms with Gasteiger partial charge in [-0.15, -0.1) is 0 Å². The fraction of sp³-hybridized carbons (Fsp3) is 0.471. The second kappa shape index (κ2) is 6.00. The van der Waals surface area contributed by atoms with Gasteiger partial charge in [-0.05, 0) is 37.0 Å². The predicted molar refractivity (Wildman–Crippen MR) is 84.9 cm³/mol. The van der Waals surface area contributed by atoms with Crippen molar-refractivity contribution in [2.75, 3.05) is 0 Å². The summed E-state index contributed by atoms with van der Waals surface area (Å²) in [6.45, 7) is 4.37. The predicted octanol–water partition coefficient (Wildman–Crippen LogP) is 2.57. The van der Waals surface area contributed by atoms with E-state index in [-0.39, 0.29) is 6.04 Å². The summed E-state index contributed by atoms with van der Waals surface area (Å²) in [6.07, 6.45) is 5.15. The van der Waals surface area contributed by atoms with Crippen molar-refractivity contribution >= 4 is 0 Å². The Morgan fingerprint density at radius 1 is 1.38 bits per heavy atom. The zero-order chi connectivity index (χ0) is 14.8. The molecule has 0 bridgehead atoms. The molecule has 0 aliphatic heterocycles. The fourth-order valence-electron chi connectivity index (χ4n) is 3.12. The topological polar surface area (TPSA) is 55.9 Å². The van der Waals surface area contributed by atoms with Crippen molar-refractivity contribution in [2.24, 2.45) is 5.84 Å². The molecule has 1 aromatic carbocycles. The quantitative estimate of drug-likeness (QED) is 0.633. The van der Waals surface area contributed by atoms with Crippen molar-refractivity contribution in [2.45, 2.75) is 51.1 Å². The van der Waals surface area contributed by atoms with E-state index in [9.17, 15) is 0 Å². The Balaban J connectivity index is 1.70. The average Bonchev–Trinajstić information content (AvgIpc) is 2.95. The number of fused-ring (bicyclic) bond motifs is 1. The van der Waals surface area contributed by atoms with E-state index in [1.165, 1.54) is 11.1 Å². The van der Waals surface area contributed by atoms with Crippen LogP contribution in [-0.4, -0.2) is 15.8 Å². The lowest BCUT2D eigenvalue weighted by atomic mass is 9.72. The number of hydrogen-bond acceptors (Lipinski definition) is 3. The van der Waals surface area contributed by atoms with Gasteiger partial charge >= 0.3 is 0 Å². The van der Waals surface area contributed by atoms with Crippen LogP contribution in [0.5, 0.6) is 0 Å². The highest BCUT2D eigenvalue weighted by Gasteiger charge is 2.32. The minimum Gasteiger partial charge on any atom is -0.271 e. The molecule has 0 spiro atoms. The van der Waals surface area contributed by atoms with Gasteiger partial charge in [0.1, 0.15) is 0 Å². The molecule has 2 aromatic rings. The molecule has 21 heavy (non-hydrogen) atoms. The van der Waals surface area contributed by atoms with Crippen LogP contribution in [-0.2, 0) is 12.8 Å². The number of rotatable bonds is 6. The number of nitrogens with zero attached hydrogens (tertiary/aromatic N) is 2. The van der Waals surface area contributed by atoms with Crippen molar-refractivity contribution < 1.29 is 0 Å². The van der Waals surface area contributed by atoms with Gasteiger partial charge in [0.2, 0.25) is 0 Å². The molecule has 1 aliphatic carbocycles. The SMILES string of the molecule is CCC(C)n1ccc(CC(NN)C2Cc3ccccc32)n1. The molecule has 1 aromatic heterocycles. The number of aromatic nitrogens is 2. The third kappa shape index (κ3) is 2.74. The van der Waals surface area contributed by atoms with E-state index in [0.717, 1.165) is 25.0 Å². The van der Waals surface area contributed by atoms with Crippen LogP contribution in [0.25, 0.3) is 0 Å². The van der Waals surface area contributed by atoms with E-state index < -0.39 is 0 Å². The van der Waals surface area contributed by atoms with Crippen LogP contribution in [0.3, 0.4) is 0 Å². The molecular formula is C17H24N4. The molecule has 3 atom stereocenters. The van der Waals surface area contributed by atoms with Crippen molar-refractivity contribution in [3.05, 3.63) is 53.3 Å². The van der Waals surface area contributed by atoms with Gasteiger partial charge in [0.05, 0.1) is 5.69 Å². The average molecular weight is 284 g/mol. The van der Waals surface area contributed by atoms with Crippen molar-refractivity contribution in [3.63, 3.8) is 0 Å². The monoisotopic (exact) mass is 284 g/mol. The third-order valence-corrected chi connectivity index (χ3v) is 4.73. The molecule has 3 unspecified atom stereocenters. The summed E-state index contributed by atoms with van der Waals surface area (Å²) in [6, 6.07) is 11.4. The minimum absolute atomic E-state index is 0.250. The van der Waals surface area contributed by atoms with Gasteiger partial charge in [-0.3, -0.25) is 16.0 Å². The summed E-state index contributed by atoms with van der Waals surface area (Å²) < 4.78 is 2.05. The Kier molecular flexibility index (Phi) is 4.08. The zero-order valence-corrected chi connectivity index (χ0v) is 12.8. The maximum atomic E-state index is 5.80. The van der Waals surface area contributed by atoms with Gasteiger partial charge in [-0.1, -0.05) is 31.2 Å². The second-order valence-corrected chi connectivity index (χ2v) is 6.03. The summed E-state index contributed by atoms with van der Waals surface area (Å²) in [5, 5.41) is 4.69. The highest BCUT2D eigenvalue weighted by atomic mass is 15.3. The van der Waals surface area contributed by atoms with Gasteiger partial charge < -0.3 is 0 Å². The van der Waals surface area contributed by atoms with Crippen LogP contribution in [0.4, 0.5) is 0 Å². The van der Waals surface area contributed by atoms with E-state index in [1.54, 1.807) is 0 Å². The van der Waals surface area contributed by atoms with Crippen LogP contribution >= 0.6 is 0 Å². The van der Waals surface area contributed by atoms with Gasteiger partial charge in [-0.2, -0.15) is 5.10 Å². The molecule has 0 amide bonds. The Morgan fingerprint density at radius 3 is 2.90 bits per heavy atom. The summed E-state index contributed by atoms with van der Waals surface area (Å²) in [7, 11) is 0. The number of benzene rings is 1. The van der Waals surface area contributed by atoms with Crippen molar-refractivity contribution in [1.82, 2.24) is 15.2 Å². The lowest BCUT2D eigenvalue weighted by Crippen LogP contribution is -2.45. The molecule has 1 heterocycles. The first kappa shape index (κ1) is 14.3. The van der Waals surface area contributed by atoms with Gasteiger partial charge in [0, 0.05) is 30.6 Å². The highest BCUT2D eigenvalue weighted by Crippen LogP contribution is 2.37. The normalized spacial score (nSPS) is 19.7. The molecule has 0 radical (unpaired) electrons. The van der Waals surface area contributed by atoms with Crippen LogP contribution in [0.1, 0.15) is 49.0 Å². The highest BCUT2D eigenvalue weighted by molar-refractivity contribution is 5.41. The first-order chi connectivity index (χ1) is 10.2. The second-order valence-electron chi connectivity index (χ2n) is 6.03. The Bertz CT molecular complexity index is 604. The molecule has 4 nitrogen and oxygen atoms in total. The van der Waals surface area contributed by atoms with Crippen LogP contribution < -0.4 is 11.3 Å². The lowest BCUT2D eigenvalue weighted by Gasteiger charge is -2.36. The summed E-state index contributed by atoms with van der Waals surface area (Å²) in [5.74, 6) is 6.30. The largest absolute Gasteiger partial charge is 0.271 e. The van der Waals surface area contributed by atoms with E-state index >= 15 is 0 Å². The number of hydrazine groups is 1. The molecule has 3 rings (SSSR count). The minimum atomic E-state index is 0.250. The Hall–Kier alpha value is -1.65. The molecule has 0 fully saturated rings. The molecule has 1 aliphatic rings. The van der Waals surface area contributed by atoms with Crippen LogP contribution in [0, 0.1) is 0 Å². The molecule has 3 N–H and O–H groups in total. The van der Waals surface area contributed by atoms with E-state index in [0.29, 0.717) is 12.0 Å². The Morgan fingerprint density at radius 2 is 2.19 bits per heavy atom. The third-order valence-electron chi connectivity index (χ3n) is 4.73. The summed E-state index contributed by atoms with van der Waals surface area (Å²) in [4.78, 5) is 0. The molecular weight excluding hydrogens is 260 g/mol. The molecule has 4 heteroatoms. The van der Waals surface area contributed by atoms with Gasteiger partial charge in [-0.25, -0.2) is 0 Å². The first-order valence-electron chi connectivity index (χ1n) is 7.81. The van der Waals surface area contributed by atoms with Crippen LogP contribution in [0.15, 0.2) is 36.5 Å². The van der Waals surface area contributed by atoms with Gasteiger partial charge in [0.25, 0.3) is 0 Å². The van der Waals surface area contributed by atoms with E-state index in [1.807, 2.05) is 0 Å². The first-order valence-corrected chi connectivity index (χ1v) is 7.81. The van der Waals surface area contributed by atoms with Crippen molar-refractivity contribution in [1.29, 1.82) is 0 Å². The molecule has 0 saturated heterocycles. The number of nitrogens with two attached hydrogens (primary N) is 1. The van der Waals surface area contributed by atoms with Crippen molar-refractivity contribution in [3.8, 4) is 0 Å². The summed E-state index contributed by atoms with van der Waals surface area (Å²) >= 11 is 0. The summed E-state index contributed by atoms with van der Waals surface area (Å²) in [5.41, 5.74) is 6.99. The fourth-order valence-corrected chi connectivity index (χ4v) is 3.12. The van der Waals surface area contributed by atoms with Crippen LogP contribution in [0.2, 0.25) is 0 Å². The lowest BCUT2D eigenvalue weighted by molar-refractivity contribution is 0.397. The number of nitrogens with one attached hydrogen (secondary N) is 1.